The molecule has 0 bridgehead atoms. The standard InChI is InChI=1S/C15H23N3O3/c1-10(2)17-14(20)9-18(3)15(21)13(16)8-11-4-6-12(19)7-5-11/h4-7,10,13,19H,8-9,16H2,1-3H3,(H,17,20)/t13-/m0/s1. The normalized spacial score (nSPS) is 12.0. The number of benzene rings is 1. The quantitative estimate of drug-likeness (QED) is 0.700. The van der Waals surface area contributed by atoms with E-state index >= 15 is 0 Å². The van der Waals surface area contributed by atoms with Gasteiger partial charge in [0.25, 0.3) is 0 Å². The summed E-state index contributed by atoms with van der Waals surface area (Å²) in [6.45, 7) is 3.70. The highest BCUT2D eigenvalue weighted by Crippen LogP contribution is 2.11. The maximum atomic E-state index is 12.1. The smallest absolute Gasteiger partial charge is 0.240 e. The summed E-state index contributed by atoms with van der Waals surface area (Å²) in [4.78, 5) is 25.0. The minimum absolute atomic E-state index is 0.0136. The lowest BCUT2D eigenvalue weighted by Crippen LogP contribution is -2.47. The van der Waals surface area contributed by atoms with Crippen LogP contribution in [0.25, 0.3) is 0 Å². The van der Waals surface area contributed by atoms with Gasteiger partial charge in [-0.25, -0.2) is 0 Å². The van der Waals surface area contributed by atoms with E-state index in [-0.39, 0.29) is 30.2 Å². The molecule has 0 aliphatic heterocycles. The van der Waals surface area contributed by atoms with Crippen LogP contribution in [0.15, 0.2) is 24.3 Å². The lowest BCUT2D eigenvalue weighted by molar-refractivity contribution is -0.135. The van der Waals surface area contributed by atoms with Crippen LogP contribution in [0.4, 0.5) is 0 Å². The first-order valence-corrected chi connectivity index (χ1v) is 6.87. The molecule has 21 heavy (non-hydrogen) atoms. The second kappa shape index (κ2) is 7.64. The van der Waals surface area contributed by atoms with Crippen LogP contribution in [0.5, 0.6) is 5.75 Å². The molecule has 0 fully saturated rings. The number of phenolic OH excluding ortho intramolecular Hbond substituents is 1. The largest absolute Gasteiger partial charge is 0.508 e. The van der Waals surface area contributed by atoms with Crippen LogP contribution in [0, 0.1) is 0 Å². The van der Waals surface area contributed by atoms with Crippen molar-refractivity contribution in [1.29, 1.82) is 0 Å². The number of aromatic hydroxyl groups is 1. The molecule has 1 rings (SSSR count). The average molecular weight is 293 g/mol. The molecular weight excluding hydrogens is 270 g/mol. The Kier molecular flexibility index (Phi) is 6.17. The lowest BCUT2D eigenvalue weighted by Gasteiger charge is -2.21. The van der Waals surface area contributed by atoms with E-state index in [2.05, 4.69) is 5.32 Å². The number of carbonyl (C=O) groups is 2. The van der Waals surface area contributed by atoms with E-state index in [0.717, 1.165) is 5.56 Å². The maximum Gasteiger partial charge on any atom is 0.240 e. The topological polar surface area (TPSA) is 95.7 Å². The molecule has 6 heteroatoms. The van der Waals surface area contributed by atoms with Crippen molar-refractivity contribution in [3.8, 4) is 5.75 Å². The Morgan fingerprint density at radius 1 is 1.29 bits per heavy atom. The van der Waals surface area contributed by atoms with Crippen LogP contribution < -0.4 is 11.1 Å². The highest BCUT2D eigenvalue weighted by Gasteiger charge is 2.20. The van der Waals surface area contributed by atoms with Gasteiger partial charge in [-0.1, -0.05) is 12.1 Å². The van der Waals surface area contributed by atoms with Gasteiger partial charge in [0.05, 0.1) is 12.6 Å². The molecule has 0 aliphatic carbocycles. The summed E-state index contributed by atoms with van der Waals surface area (Å²) in [6.07, 6.45) is 0.356. The summed E-state index contributed by atoms with van der Waals surface area (Å²) >= 11 is 0. The fourth-order valence-corrected chi connectivity index (χ4v) is 1.92. The van der Waals surface area contributed by atoms with Gasteiger partial charge in [0.15, 0.2) is 0 Å². The predicted molar refractivity (Wildman–Crippen MR) is 80.7 cm³/mol. The monoisotopic (exact) mass is 293 g/mol. The van der Waals surface area contributed by atoms with Crippen LogP contribution >= 0.6 is 0 Å². The second-order valence-electron chi connectivity index (χ2n) is 5.39. The summed E-state index contributed by atoms with van der Waals surface area (Å²) < 4.78 is 0. The average Bonchev–Trinajstić information content (AvgIpc) is 2.39. The third-order valence-corrected chi connectivity index (χ3v) is 2.92. The van der Waals surface area contributed by atoms with Crippen molar-refractivity contribution in [3.63, 3.8) is 0 Å². The minimum Gasteiger partial charge on any atom is -0.508 e. The lowest BCUT2D eigenvalue weighted by atomic mass is 10.1. The number of nitrogens with one attached hydrogen (secondary N) is 1. The number of phenols is 1. The number of nitrogens with zero attached hydrogens (tertiary/aromatic N) is 1. The van der Waals surface area contributed by atoms with E-state index in [9.17, 15) is 14.7 Å². The van der Waals surface area contributed by atoms with Gasteiger partial charge in [-0.05, 0) is 38.0 Å². The first kappa shape index (κ1) is 17.0. The van der Waals surface area contributed by atoms with Gasteiger partial charge in [-0.3, -0.25) is 9.59 Å². The molecule has 0 aromatic heterocycles. The molecule has 1 atom stereocenters. The Labute approximate surface area is 124 Å². The first-order chi connectivity index (χ1) is 9.79. The van der Waals surface area contributed by atoms with Crippen molar-refractivity contribution >= 4 is 11.8 Å². The zero-order chi connectivity index (χ0) is 16.0. The van der Waals surface area contributed by atoms with Gasteiger partial charge < -0.3 is 21.1 Å². The van der Waals surface area contributed by atoms with Gasteiger partial charge in [-0.2, -0.15) is 0 Å². The maximum absolute atomic E-state index is 12.1. The van der Waals surface area contributed by atoms with E-state index < -0.39 is 6.04 Å². The molecule has 0 saturated heterocycles. The zero-order valence-corrected chi connectivity index (χ0v) is 12.7. The molecule has 0 heterocycles. The van der Waals surface area contributed by atoms with Crippen LogP contribution in [0.2, 0.25) is 0 Å². The van der Waals surface area contributed by atoms with Crippen LogP contribution in [0.3, 0.4) is 0 Å². The van der Waals surface area contributed by atoms with Gasteiger partial charge in [0.2, 0.25) is 11.8 Å². The number of carbonyl (C=O) groups excluding carboxylic acids is 2. The Morgan fingerprint density at radius 2 is 1.86 bits per heavy atom. The predicted octanol–water partition coefficient (Wildman–Crippen LogP) is 0.245. The van der Waals surface area contributed by atoms with Crippen LogP contribution in [-0.2, 0) is 16.0 Å². The van der Waals surface area contributed by atoms with Crippen molar-refractivity contribution in [2.45, 2.75) is 32.4 Å². The Bertz CT molecular complexity index is 485. The molecule has 4 N–H and O–H groups in total. The Balaban J connectivity index is 2.53. The Hall–Kier alpha value is -2.08. The zero-order valence-electron chi connectivity index (χ0n) is 12.7. The number of likely N-dealkylation sites (N-methyl/N-ethyl adjacent to an activating group) is 1. The van der Waals surface area contributed by atoms with E-state index in [1.807, 2.05) is 13.8 Å². The van der Waals surface area contributed by atoms with Crippen molar-refractivity contribution in [2.24, 2.45) is 5.73 Å². The molecule has 6 nitrogen and oxygen atoms in total. The molecule has 0 unspecified atom stereocenters. The number of amides is 2. The second-order valence-corrected chi connectivity index (χ2v) is 5.39. The summed E-state index contributed by atoms with van der Waals surface area (Å²) in [7, 11) is 1.55. The summed E-state index contributed by atoms with van der Waals surface area (Å²) in [5.41, 5.74) is 6.74. The summed E-state index contributed by atoms with van der Waals surface area (Å²) in [6, 6.07) is 5.85. The van der Waals surface area contributed by atoms with Crippen molar-refractivity contribution in [3.05, 3.63) is 29.8 Å². The molecule has 0 radical (unpaired) electrons. The van der Waals surface area contributed by atoms with Crippen LogP contribution in [0.1, 0.15) is 19.4 Å². The van der Waals surface area contributed by atoms with Crippen LogP contribution in [-0.4, -0.2) is 47.5 Å². The molecule has 0 spiro atoms. The number of hydrogen-bond donors (Lipinski definition) is 3. The fraction of sp³-hybridized carbons (Fsp3) is 0.467. The Morgan fingerprint density at radius 3 is 2.38 bits per heavy atom. The summed E-state index contributed by atoms with van der Waals surface area (Å²) in [5.74, 6) is -0.333. The molecule has 116 valence electrons. The van der Waals surface area contributed by atoms with E-state index in [1.165, 1.54) is 4.90 Å². The number of nitrogens with two attached hydrogens (primary N) is 1. The molecule has 1 aromatic rings. The van der Waals surface area contributed by atoms with Crippen molar-refractivity contribution < 1.29 is 14.7 Å². The highest BCUT2D eigenvalue weighted by atomic mass is 16.3. The molecule has 0 aliphatic rings. The fourth-order valence-electron chi connectivity index (χ4n) is 1.92. The third-order valence-electron chi connectivity index (χ3n) is 2.92. The molecule has 2 amide bonds. The molecule has 0 saturated carbocycles. The molecular formula is C15H23N3O3. The summed E-state index contributed by atoms with van der Waals surface area (Å²) in [5, 5.41) is 11.9. The minimum atomic E-state index is -0.716. The van der Waals surface area contributed by atoms with Gasteiger partial charge in [0, 0.05) is 13.1 Å². The number of hydrogen-bond acceptors (Lipinski definition) is 4. The van der Waals surface area contributed by atoms with Gasteiger partial charge in [-0.15, -0.1) is 0 Å². The van der Waals surface area contributed by atoms with E-state index in [1.54, 1.807) is 31.3 Å². The number of rotatable bonds is 6. The third kappa shape index (κ3) is 5.83. The van der Waals surface area contributed by atoms with Gasteiger partial charge in [0.1, 0.15) is 5.75 Å². The van der Waals surface area contributed by atoms with Gasteiger partial charge >= 0.3 is 0 Å². The molecule has 1 aromatic carbocycles. The SMILES string of the molecule is CC(C)NC(=O)CN(C)C(=O)[C@@H](N)Cc1ccc(O)cc1. The first-order valence-electron chi connectivity index (χ1n) is 6.87. The van der Waals surface area contributed by atoms with Crippen molar-refractivity contribution in [2.75, 3.05) is 13.6 Å². The highest BCUT2D eigenvalue weighted by molar-refractivity contribution is 5.87. The van der Waals surface area contributed by atoms with Crippen molar-refractivity contribution in [1.82, 2.24) is 10.2 Å². The van der Waals surface area contributed by atoms with E-state index in [4.69, 9.17) is 5.73 Å². The van der Waals surface area contributed by atoms with E-state index in [0.29, 0.717) is 6.42 Å².